The summed E-state index contributed by atoms with van der Waals surface area (Å²) in [7, 11) is -3.17. The highest BCUT2D eigenvalue weighted by Crippen LogP contribution is 2.21. The quantitative estimate of drug-likeness (QED) is 0.849. The van der Waals surface area contributed by atoms with Crippen molar-refractivity contribution >= 4 is 9.84 Å². The first-order chi connectivity index (χ1) is 7.86. The van der Waals surface area contributed by atoms with E-state index in [2.05, 4.69) is 4.98 Å². The van der Waals surface area contributed by atoms with Gasteiger partial charge in [0.1, 0.15) is 5.75 Å². The second-order valence-corrected chi connectivity index (χ2v) is 6.35. The molecule has 0 fully saturated rings. The van der Waals surface area contributed by atoms with Gasteiger partial charge in [0.25, 0.3) is 0 Å². The molecule has 1 heterocycles. The van der Waals surface area contributed by atoms with Crippen LogP contribution in [0.1, 0.15) is 25.5 Å². The van der Waals surface area contributed by atoms with E-state index in [0.29, 0.717) is 17.9 Å². The lowest BCUT2D eigenvalue weighted by molar-refractivity contribution is 0.338. The molecule has 0 aromatic carbocycles. The van der Waals surface area contributed by atoms with Crippen molar-refractivity contribution in [2.24, 2.45) is 5.73 Å². The maximum atomic E-state index is 11.4. The van der Waals surface area contributed by atoms with Crippen LogP contribution in [-0.4, -0.2) is 31.5 Å². The Morgan fingerprint density at radius 1 is 1.47 bits per heavy atom. The van der Waals surface area contributed by atoms with Crippen molar-refractivity contribution in [3.8, 4) is 5.75 Å². The van der Waals surface area contributed by atoms with Crippen LogP contribution in [0.2, 0.25) is 0 Å². The average molecular weight is 258 g/mol. The van der Waals surface area contributed by atoms with Gasteiger partial charge in [-0.15, -0.1) is 0 Å². The lowest BCUT2D eigenvalue weighted by atomic mass is 10.1. The molecule has 2 unspecified atom stereocenters. The van der Waals surface area contributed by atoms with Gasteiger partial charge in [-0.25, -0.2) is 8.42 Å². The third-order valence-corrected chi connectivity index (χ3v) is 4.26. The molecule has 1 aromatic rings. The van der Waals surface area contributed by atoms with Crippen molar-refractivity contribution in [2.45, 2.75) is 25.1 Å². The largest absolute Gasteiger partial charge is 0.492 e. The zero-order chi connectivity index (χ0) is 13.1. The number of hydrogen-bond acceptors (Lipinski definition) is 5. The number of ether oxygens (including phenoxy) is 1. The number of hydrogen-bond donors (Lipinski definition) is 1. The Kier molecular flexibility index (Phi) is 4.47. The molecule has 0 saturated carbocycles. The van der Waals surface area contributed by atoms with Crippen LogP contribution < -0.4 is 10.5 Å². The van der Waals surface area contributed by atoms with E-state index < -0.39 is 21.1 Å². The Morgan fingerprint density at radius 3 is 2.65 bits per heavy atom. The fraction of sp³-hybridized carbons (Fsp3) is 0.545. The molecule has 0 saturated heterocycles. The highest BCUT2D eigenvalue weighted by atomic mass is 32.2. The van der Waals surface area contributed by atoms with Gasteiger partial charge in [0.2, 0.25) is 0 Å². The van der Waals surface area contributed by atoms with E-state index in [1.165, 1.54) is 6.26 Å². The first-order valence-corrected chi connectivity index (χ1v) is 7.34. The zero-order valence-electron chi connectivity index (χ0n) is 10.3. The van der Waals surface area contributed by atoms with E-state index in [9.17, 15) is 8.42 Å². The maximum Gasteiger partial charge on any atom is 0.151 e. The van der Waals surface area contributed by atoms with Crippen LogP contribution in [0, 0.1) is 0 Å². The summed E-state index contributed by atoms with van der Waals surface area (Å²) in [6.07, 6.45) is 4.32. The van der Waals surface area contributed by atoms with E-state index in [4.69, 9.17) is 10.5 Å². The molecule has 0 aliphatic heterocycles. The minimum Gasteiger partial charge on any atom is -0.492 e. The Bertz CT molecular complexity index is 473. The molecular formula is C11H18N2O3S. The van der Waals surface area contributed by atoms with Crippen LogP contribution in [0.4, 0.5) is 0 Å². The van der Waals surface area contributed by atoms with Crippen molar-refractivity contribution in [3.05, 3.63) is 24.0 Å². The zero-order valence-corrected chi connectivity index (χ0v) is 11.1. The van der Waals surface area contributed by atoms with E-state index in [1.807, 2.05) is 6.92 Å². The normalized spacial score (nSPS) is 15.3. The van der Waals surface area contributed by atoms with Gasteiger partial charge >= 0.3 is 0 Å². The van der Waals surface area contributed by atoms with Crippen molar-refractivity contribution in [1.29, 1.82) is 0 Å². The van der Waals surface area contributed by atoms with Gasteiger partial charge in [-0.3, -0.25) is 4.98 Å². The molecule has 2 atom stereocenters. The first kappa shape index (κ1) is 13.9. The lowest BCUT2D eigenvalue weighted by Gasteiger charge is -2.18. The number of sulfone groups is 1. The minimum absolute atomic E-state index is 0.530. The van der Waals surface area contributed by atoms with E-state index >= 15 is 0 Å². The number of aromatic nitrogens is 1. The summed E-state index contributed by atoms with van der Waals surface area (Å²) in [5.74, 6) is 0.598. The van der Waals surface area contributed by atoms with Gasteiger partial charge in [0.05, 0.1) is 18.1 Å². The van der Waals surface area contributed by atoms with Crippen LogP contribution in [0.15, 0.2) is 18.5 Å². The van der Waals surface area contributed by atoms with Crippen molar-refractivity contribution in [3.63, 3.8) is 0 Å². The lowest BCUT2D eigenvalue weighted by Crippen LogP contribution is -2.30. The molecule has 0 aliphatic rings. The van der Waals surface area contributed by atoms with Crippen LogP contribution in [0.5, 0.6) is 5.75 Å². The first-order valence-electron chi connectivity index (χ1n) is 5.38. The minimum atomic E-state index is -3.17. The highest BCUT2D eigenvalue weighted by Gasteiger charge is 2.24. The van der Waals surface area contributed by atoms with Crippen LogP contribution in [-0.2, 0) is 9.84 Å². The molecule has 6 heteroatoms. The van der Waals surface area contributed by atoms with Crippen LogP contribution in [0.25, 0.3) is 0 Å². The Morgan fingerprint density at radius 2 is 2.12 bits per heavy atom. The molecule has 0 radical (unpaired) electrons. The van der Waals surface area contributed by atoms with Gasteiger partial charge in [-0.1, -0.05) is 0 Å². The molecule has 1 rings (SSSR count). The molecule has 2 N–H and O–H groups in total. The summed E-state index contributed by atoms with van der Waals surface area (Å²) in [6.45, 7) is 3.99. The van der Waals surface area contributed by atoms with E-state index in [-0.39, 0.29) is 0 Å². The summed E-state index contributed by atoms with van der Waals surface area (Å²) >= 11 is 0. The van der Waals surface area contributed by atoms with Gasteiger partial charge in [-0.2, -0.15) is 0 Å². The maximum absolute atomic E-state index is 11.4. The van der Waals surface area contributed by atoms with Gasteiger partial charge < -0.3 is 10.5 Å². The van der Waals surface area contributed by atoms with Crippen molar-refractivity contribution < 1.29 is 13.2 Å². The molecule has 0 spiro atoms. The molecule has 96 valence electrons. The standard InChI is InChI=1S/C11H18N2O3S/c1-4-16-10-5-9(6-13-7-10)11(12)8(2)17(3,14)15/h5-8,11H,4,12H2,1-3H3. The number of rotatable bonds is 5. The monoisotopic (exact) mass is 258 g/mol. The SMILES string of the molecule is CCOc1cncc(C(N)C(C)S(C)(=O)=O)c1. The van der Waals surface area contributed by atoms with Crippen molar-refractivity contribution in [2.75, 3.05) is 12.9 Å². The summed E-state index contributed by atoms with van der Waals surface area (Å²) < 4.78 is 28.1. The summed E-state index contributed by atoms with van der Waals surface area (Å²) in [6, 6.07) is 1.13. The third-order valence-electron chi connectivity index (χ3n) is 2.61. The number of pyridine rings is 1. The molecule has 17 heavy (non-hydrogen) atoms. The molecule has 5 nitrogen and oxygen atoms in total. The summed E-state index contributed by atoms with van der Waals surface area (Å²) in [5.41, 5.74) is 6.58. The Hall–Kier alpha value is -1.14. The van der Waals surface area contributed by atoms with E-state index in [1.54, 1.807) is 25.4 Å². The van der Waals surface area contributed by atoms with Crippen LogP contribution in [0.3, 0.4) is 0 Å². The summed E-state index contributed by atoms with van der Waals surface area (Å²) in [5, 5.41) is -0.652. The number of nitrogens with zero attached hydrogens (tertiary/aromatic N) is 1. The second-order valence-electron chi connectivity index (χ2n) is 3.95. The number of nitrogens with two attached hydrogens (primary N) is 1. The highest BCUT2D eigenvalue weighted by molar-refractivity contribution is 7.91. The topological polar surface area (TPSA) is 82.3 Å². The molecular weight excluding hydrogens is 240 g/mol. The fourth-order valence-electron chi connectivity index (χ4n) is 1.40. The predicted molar refractivity (Wildman–Crippen MR) is 66.6 cm³/mol. The molecule has 0 aliphatic carbocycles. The third kappa shape index (κ3) is 3.67. The van der Waals surface area contributed by atoms with Gasteiger partial charge in [0, 0.05) is 18.5 Å². The smallest absolute Gasteiger partial charge is 0.151 e. The average Bonchev–Trinajstić information content (AvgIpc) is 2.27. The second kappa shape index (κ2) is 5.46. The fourth-order valence-corrected chi connectivity index (χ4v) is 2.09. The molecule has 0 bridgehead atoms. The van der Waals surface area contributed by atoms with Gasteiger partial charge in [0.15, 0.2) is 9.84 Å². The summed E-state index contributed by atoms with van der Waals surface area (Å²) in [4.78, 5) is 3.99. The molecule has 0 amide bonds. The molecule has 1 aromatic heterocycles. The van der Waals surface area contributed by atoms with Crippen LogP contribution >= 0.6 is 0 Å². The van der Waals surface area contributed by atoms with E-state index in [0.717, 1.165) is 0 Å². The Labute approximate surface area is 102 Å². The van der Waals surface area contributed by atoms with Crippen molar-refractivity contribution in [1.82, 2.24) is 4.98 Å². The van der Waals surface area contributed by atoms with Gasteiger partial charge in [-0.05, 0) is 25.5 Å². The Balaban J connectivity index is 2.96. The predicted octanol–water partition coefficient (Wildman–Crippen LogP) is 0.913.